The summed E-state index contributed by atoms with van der Waals surface area (Å²) in [7, 11) is 0. The molecule has 0 N–H and O–H groups in total. The lowest BCUT2D eigenvalue weighted by Gasteiger charge is -2.18. The summed E-state index contributed by atoms with van der Waals surface area (Å²) in [5.74, 6) is 1.48. The first-order valence-corrected chi connectivity index (χ1v) is 15.2. The van der Waals surface area contributed by atoms with E-state index in [2.05, 4.69) is 21.0 Å². The molecular weight excluding hydrogens is 573 g/mol. The normalized spacial score (nSPS) is 11.7. The Balaban J connectivity index is 1.54. The lowest BCUT2D eigenvalue weighted by Crippen LogP contribution is -2.02. The molecule has 1 radical (unpaired) electrons. The van der Waals surface area contributed by atoms with Gasteiger partial charge in [0.1, 0.15) is 23.3 Å². The fourth-order valence-electron chi connectivity index (χ4n) is 6.22. The third-order valence-corrected chi connectivity index (χ3v) is 8.35. The van der Waals surface area contributed by atoms with E-state index in [1.54, 1.807) is 6.20 Å². The zero-order chi connectivity index (χ0) is 31.5. The number of hydrogen-bond donors (Lipinski definition) is 0. The number of aryl methyl sites for hydroxylation is 4. The summed E-state index contributed by atoms with van der Waals surface area (Å²) in [5.41, 5.74) is 7.08. The van der Waals surface area contributed by atoms with Gasteiger partial charge in [0.2, 0.25) is 0 Å². The van der Waals surface area contributed by atoms with Crippen molar-refractivity contribution in [1.29, 1.82) is 0 Å². The maximum atomic E-state index is 17.4. The molecule has 4 aromatic carbocycles. The van der Waals surface area contributed by atoms with Crippen LogP contribution in [-0.4, -0.2) is 34.9 Å². The number of rotatable bonds is 4. The first-order chi connectivity index (χ1) is 22.4. The van der Waals surface area contributed by atoms with E-state index in [9.17, 15) is 0 Å². The molecule has 0 saturated carbocycles. The lowest BCUT2D eigenvalue weighted by atomic mass is 9.90. The van der Waals surface area contributed by atoms with Crippen molar-refractivity contribution in [1.82, 2.24) is 34.9 Å². The SMILES string of the molecule is CCc1ncc2c(-c3nc(C)nc4c(-c5cccc6nc(C)ccc56)c(F)c(-c5cccc6nc(C)ncc56)[c]c34)cccc2n1. The highest BCUT2D eigenvalue weighted by atomic mass is 19.1. The molecule has 0 aliphatic rings. The van der Waals surface area contributed by atoms with Gasteiger partial charge in [-0.25, -0.2) is 34.3 Å². The third-order valence-electron chi connectivity index (χ3n) is 8.35. The number of aromatic nitrogens is 7. The summed E-state index contributed by atoms with van der Waals surface area (Å²) in [6.07, 6.45) is 4.31. The van der Waals surface area contributed by atoms with Crippen LogP contribution in [0.5, 0.6) is 0 Å². The number of hydrogen-bond acceptors (Lipinski definition) is 7. The predicted molar refractivity (Wildman–Crippen MR) is 180 cm³/mol. The monoisotopic (exact) mass is 600 g/mol. The van der Waals surface area contributed by atoms with Crippen molar-refractivity contribution in [3.05, 3.63) is 114 Å². The van der Waals surface area contributed by atoms with Crippen LogP contribution in [0.4, 0.5) is 4.39 Å². The molecule has 0 fully saturated rings. The molecule has 0 amide bonds. The maximum Gasteiger partial charge on any atom is 0.141 e. The summed E-state index contributed by atoms with van der Waals surface area (Å²) in [6.45, 7) is 7.64. The second-order valence-corrected chi connectivity index (χ2v) is 11.4. The van der Waals surface area contributed by atoms with Gasteiger partial charge in [-0.2, -0.15) is 0 Å². The van der Waals surface area contributed by atoms with Crippen LogP contribution in [0, 0.1) is 32.7 Å². The van der Waals surface area contributed by atoms with Crippen LogP contribution in [-0.2, 0) is 6.42 Å². The first-order valence-electron chi connectivity index (χ1n) is 15.2. The van der Waals surface area contributed by atoms with Gasteiger partial charge in [0, 0.05) is 68.8 Å². The summed E-state index contributed by atoms with van der Waals surface area (Å²) in [4.78, 5) is 33.0. The van der Waals surface area contributed by atoms with E-state index >= 15 is 4.39 Å². The minimum Gasteiger partial charge on any atom is -0.253 e. The number of halogens is 1. The summed E-state index contributed by atoms with van der Waals surface area (Å²) in [5, 5.41) is 2.99. The Morgan fingerprint density at radius 3 is 2.09 bits per heavy atom. The van der Waals surface area contributed by atoms with Crippen LogP contribution < -0.4 is 0 Å². The molecule has 8 aromatic rings. The van der Waals surface area contributed by atoms with Gasteiger partial charge in [0.05, 0.1) is 27.8 Å². The molecule has 7 nitrogen and oxygen atoms in total. The zero-order valence-electron chi connectivity index (χ0n) is 25.7. The van der Waals surface area contributed by atoms with Crippen LogP contribution in [0.25, 0.3) is 77.1 Å². The van der Waals surface area contributed by atoms with Gasteiger partial charge in [-0.1, -0.05) is 49.4 Å². The van der Waals surface area contributed by atoms with Gasteiger partial charge in [0.15, 0.2) is 0 Å². The van der Waals surface area contributed by atoms with Crippen molar-refractivity contribution < 1.29 is 4.39 Å². The largest absolute Gasteiger partial charge is 0.253 e. The van der Waals surface area contributed by atoms with Crippen molar-refractivity contribution in [3.63, 3.8) is 0 Å². The molecule has 0 unspecified atom stereocenters. The second kappa shape index (κ2) is 10.7. The van der Waals surface area contributed by atoms with Gasteiger partial charge in [-0.05, 0) is 56.2 Å². The highest BCUT2D eigenvalue weighted by Gasteiger charge is 2.24. The van der Waals surface area contributed by atoms with Gasteiger partial charge < -0.3 is 0 Å². The summed E-state index contributed by atoms with van der Waals surface area (Å²) < 4.78 is 17.4. The molecule has 46 heavy (non-hydrogen) atoms. The summed E-state index contributed by atoms with van der Waals surface area (Å²) in [6, 6.07) is 24.8. The molecule has 0 aliphatic heterocycles. The van der Waals surface area contributed by atoms with Gasteiger partial charge in [0.25, 0.3) is 0 Å². The van der Waals surface area contributed by atoms with Crippen LogP contribution in [0.2, 0.25) is 0 Å². The number of nitrogens with zero attached hydrogens (tertiary/aromatic N) is 7. The quantitative estimate of drug-likeness (QED) is 0.200. The molecule has 0 saturated heterocycles. The average Bonchev–Trinajstić information content (AvgIpc) is 3.06. The molecule has 0 atom stereocenters. The van der Waals surface area contributed by atoms with Gasteiger partial charge in [-0.3, -0.25) is 4.98 Å². The minimum atomic E-state index is -0.438. The van der Waals surface area contributed by atoms with Crippen LogP contribution in [0.1, 0.15) is 30.1 Å². The Bertz CT molecular complexity index is 2530. The number of fused-ring (bicyclic) bond motifs is 4. The summed E-state index contributed by atoms with van der Waals surface area (Å²) >= 11 is 0. The zero-order valence-corrected chi connectivity index (χ0v) is 25.7. The smallest absolute Gasteiger partial charge is 0.141 e. The average molecular weight is 601 g/mol. The topological polar surface area (TPSA) is 90.2 Å². The van der Waals surface area contributed by atoms with E-state index < -0.39 is 5.82 Å². The molecule has 0 bridgehead atoms. The molecule has 0 spiro atoms. The van der Waals surface area contributed by atoms with E-state index in [4.69, 9.17) is 19.9 Å². The lowest BCUT2D eigenvalue weighted by molar-refractivity contribution is 0.636. The minimum absolute atomic E-state index is 0.288. The molecule has 4 aromatic heterocycles. The van der Waals surface area contributed by atoms with Gasteiger partial charge in [-0.15, -0.1) is 0 Å². The fourth-order valence-corrected chi connectivity index (χ4v) is 6.22. The van der Waals surface area contributed by atoms with Crippen molar-refractivity contribution in [2.75, 3.05) is 0 Å². The van der Waals surface area contributed by atoms with E-state index in [0.717, 1.165) is 56.2 Å². The highest BCUT2D eigenvalue weighted by Crippen LogP contribution is 2.43. The molecule has 8 heteroatoms. The third kappa shape index (κ3) is 4.44. The fraction of sp³-hybridized carbons (Fsp3) is 0.132. The van der Waals surface area contributed by atoms with Crippen molar-refractivity contribution in [3.8, 4) is 33.5 Å². The molecular formula is C38H27FN7. The molecule has 0 aliphatic carbocycles. The molecule has 221 valence electrons. The predicted octanol–water partition coefficient (Wildman–Crippen LogP) is 8.49. The second-order valence-electron chi connectivity index (χ2n) is 11.4. The van der Waals surface area contributed by atoms with Crippen molar-refractivity contribution >= 4 is 43.6 Å². The standard InChI is InChI=1S/C38H27FN7/c1-5-34-41-19-30-26(11-8-14-33(30)46-34)37-28-17-27(23-9-6-13-32-29(23)18-40-21(3)43-32)36(39)35(38(28)45-22(4)44-37)25-10-7-12-31-24(25)16-15-20(2)42-31/h6-16,18-19H,5H2,1-4H3. The van der Waals surface area contributed by atoms with Crippen molar-refractivity contribution in [2.24, 2.45) is 0 Å². The Kier molecular flexibility index (Phi) is 6.46. The van der Waals surface area contributed by atoms with E-state index in [-0.39, 0.29) is 5.56 Å². The maximum absolute atomic E-state index is 17.4. The van der Waals surface area contributed by atoms with Gasteiger partial charge >= 0.3 is 0 Å². The Labute approximate surface area is 264 Å². The Hall–Kier alpha value is -5.76. The Morgan fingerprint density at radius 2 is 1.30 bits per heavy atom. The molecule has 8 rings (SSSR count). The van der Waals surface area contributed by atoms with Crippen LogP contribution in [0.3, 0.4) is 0 Å². The van der Waals surface area contributed by atoms with E-state index in [1.807, 2.05) is 101 Å². The molecule has 4 heterocycles. The first kappa shape index (κ1) is 27.8. The van der Waals surface area contributed by atoms with Crippen LogP contribution in [0.15, 0.2) is 79.1 Å². The highest BCUT2D eigenvalue weighted by molar-refractivity contribution is 6.11. The number of benzene rings is 4. The van der Waals surface area contributed by atoms with Crippen LogP contribution >= 0.6 is 0 Å². The Morgan fingerprint density at radius 1 is 0.630 bits per heavy atom. The number of pyridine rings is 1. The van der Waals surface area contributed by atoms with E-state index in [1.165, 1.54) is 0 Å². The van der Waals surface area contributed by atoms with Crippen molar-refractivity contribution in [2.45, 2.75) is 34.1 Å². The van der Waals surface area contributed by atoms with E-state index in [0.29, 0.717) is 44.9 Å².